The van der Waals surface area contributed by atoms with Crippen molar-refractivity contribution in [3.8, 4) is 0 Å². The number of carbonyl (C=O) groups is 1. The number of hydrogen-bond donors (Lipinski definition) is 0. The molecule has 2 nitrogen and oxygen atoms in total. The molecule has 2 rings (SSSR count). The fraction of sp³-hybridized carbons (Fsp3) is 0.941. The van der Waals surface area contributed by atoms with Crippen molar-refractivity contribution < 1.29 is 9.22 Å². The number of hydrogen-bond acceptors (Lipinski definition) is 2. The van der Waals surface area contributed by atoms with Gasteiger partial charge in [-0.3, -0.25) is 4.79 Å². The van der Waals surface area contributed by atoms with E-state index in [1.807, 2.05) is 0 Å². The van der Waals surface area contributed by atoms with Gasteiger partial charge in [-0.25, -0.2) is 0 Å². The van der Waals surface area contributed by atoms with Gasteiger partial charge in [0.25, 0.3) is 5.97 Å². The molecule has 0 aromatic carbocycles. The van der Waals surface area contributed by atoms with Crippen LogP contribution in [0.2, 0.25) is 0 Å². The second-order valence-corrected chi connectivity index (χ2v) is 7.50. The minimum absolute atomic E-state index is 0.150. The second kappa shape index (κ2) is 7.10. The lowest BCUT2D eigenvalue weighted by atomic mass is 9.60. The maximum absolute atomic E-state index is 12.8. The van der Waals surface area contributed by atoms with Gasteiger partial charge in [-0.1, -0.05) is 58.8 Å². The molecule has 0 saturated heterocycles. The predicted octanol–water partition coefficient (Wildman–Crippen LogP) is 3.61. The van der Waals surface area contributed by atoms with Crippen LogP contribution in [-0.4, -0.2) is 16.5 Å². The van der Waals surface area contributed by atoms with Gasteiger partial charge in [0, 0.05) is 0 Å². The molecule has 0 bridgehead atoms. The summed E-state index contributed by atoms with van der Waals surface area (Å²) >= 11 is 0. The summed E-state index contributed by atoms with van der Waals surface area (Å²) in [5, 5.41) is 0. The summed E-state index contributed by atoms with van der Waals surface area (Å²) in [6.45, 7) is 4.59. The van der Waals surface area contributed by atoms with Gasteiger partial charge >= 0.3 is 0 Å². The van der Waals surface area contributed by atoms with E-state index in [9.17, 15) is 4.79 Å². The highest BCUT2D eigenvalue weighted by atomic mass is 28.2. The quantitative estimate of drug-likeness (QED) is 0.700. The molecule has 2 unspecified atom stereocenters. The maximum Gasteiger partial charge on any atom is 0.298 e. The minimum atomic E-state index is -0.165. The standard InChI is InChI=1S/C17H32O2Si/c1-3-12-17(16(18)19-20,15-10-6-7-11-15)13(2)14-8-4-5-9-14/h13-15H,3-12H2,1-2,20H3. The van der Waals surface area contributed by atoms with Crippen molar-refractivity contribution in [1.82, 2.24) is 0 Å². The largest absolute Gasteiger partial charge is 0.528 e. The topological polar surface area (TPSA) is 26.3 Å². The Bertz CT molecular complexity index is 319. The van der Waals surface area contributed by atoms with Gasteiger partial charge in [-0.2, -0.15) is 0 Å². The van der Waals surface area contributed by atoms with Gasteiger partial charge in [0.2, 0.25) is 10.5 Å². The van der Waals surface area contributed by atoms with E-state index in [1.165, 1.54) is 51.4 Å². The van der Waals surface area contributed by atoms with E-state index in [2.05, 4.69) is 13.8 Å². The monoisotopic (exact) mass is 296 g/mol. The third kappa shape index (κ3) is 2.83. The van der Waals surface area contributed by atoms with E-state index in [1.54, 1.807) is 0 Å². The molecule has 0 aliphatic heterocycles. The Morgan fingerprint density at radius 1 is 1.20 bits per heavy atom. The van der Waals surface area contributed by atoms with Crippen LogP contribution in [0.15, 0.2) is 0 Å². The summed E-state index contributed by atoms with van der Waals surface area (Å²) in [7, 11) is 0.543. The fourth-order valence-electron chi connectivity index (χ4n) is 5.18. The molecule has 0 aromatic rings. The second-order valence-electron chi connectivity index (χ2n) is 7.10. The molecule has 0 spiro atoms. The van der Waals surface area contributed by atoms with Crippen molar-refractivity contribution in [2.75, 3.05) is 0 Å². The molecule has 2 aliphatic carbocycles. The third-order valence-electron chi connectivity index (χ3n) is 6.23. The van der Waals surface area contributed by atoms with E-state index in [-0.39, 0.29) is 11.4 Å². The molecule has 0 aromatic heterocycles. The Morgan fingerprint density at radius 2 is 1.75 bits per heavy atom. The van der Waals surface area contributed by atoms with Crippen LogP contribution in [0.4, 0.5) is 0 Å². The van der Waals surface area contributed by atoms with Crippen LogP contribution in [0.1, 0.15) is 78.1 Å². The van der Waals surface area contributed by atoms with E-state index in [0.29, 0.717) is 22.3 Å². The summed E-state index contributed by atoms with van der Waals surface area (Å²) in [5.41, 5.74) is -0.165. The average Bonchev–Trinajstić information content (AvgIpc) is 3.15. The highest BCUT2D eigenvalue weighted by Crippen LogP contribution is 2.53. The molecule has 0 amide bonds. The smallest absolute Gasteiger partial charge is 0.298 e. The molecular formula is C17H32O2Si. The Balaban J connectivity index is 2.30. The van der Waals surface area contributed by atoms with Crippen LogP contribution < -0.4 is 0 Å². The molecule has 2 saturated carbocycles. The summed E-state index contributed by atoms with van der Waals surface area (Å²) in [5.74, 6) is 1.99. The SMILES string of the molecule is CCCC(C(=O)O[SiH3])(C1CCCC1)C(C)C1CCCC1. The number of rotatable bonds is 6. The molecule has 0 N–H and O–H groups in total. The van der Waals surface area contributed by atoms with Crippen LogP contribution in [-0.2, 0) is 9.22 Å². The fourth-order valence-corrected chi connectivity index (χ4v) is 5.56. The zero-order chi connectivity index (χ0) is 14.6. The Labute approximate surface area is 127 Å². The molecule has 2 fully saturated rings. The van der Waals surface area contributed by atoms with E-state index < -0.39 is 0 Å². The first kappa shape index (κ1) is 16.1. The molecule has 116 valence electrons. The lowest BCUT2D eigenvalue weighted by molar-refractivity contribution is -0.156. The predicted molar refractivity (Wildman–Crippen MR) is 86.5 cm³/mol. The molecule has 0 radical (unpaired) electrons. The third-order valence-corrected chi connectivity index (χ3v) is 6.60. The van der Waals surface area contributed by atoms with Crippen LogP contribution in [0, 0.1) is 23.2 Å². The van der Waals surface area contributed by atoms with Crippen molar-refractivity contribution in [3.63, 3.8) is 0 Å². The van der Waals surface area contributed by atoms with Gasteiger partial charge < -0.3 is 4.43 Å². The molecule has 0 heterocycles. The first-order valence-electron chi connectivity index (χ1n) is 8.75. The zero-order valence-electron chi connectivity index (χ0n) is 13.6. The van der Waals surface area contributed by atoms with Gasteiger partial charge in [-0.15, -0.1) is 0 Å². The van der Waals surface area contributed by atoms with Crippen LogP contribution >= 0.6 is 0 Å². The first-order valence-corrected chi connectivity index (χ1v) is 9.56. The van der Waals surface area contributed by atoms with Crippen molar-refractivity contribution >= 4 is 16.5 Å². The average molecular weight is 297 g/mol. The Morgan fingerprint density at radius 3 is 2.25 bits per heavy atom. The van der Waals surface area contributed by atoms with E-state index in [0.717, 1.165) is 18.8 Å². The molecule has 2 aliphatic rings. The van der Waals surface area contributed by atoms with E-state index in [4.69, 9.17) is 4.43 Å². The van der Waals surface area contributed by atoms with E-state index >= 15 is 0 Å². The molecule has 3 heteroatoms. The van der Waals surface area contributed by atoms with Crippen molar-refractivity contribution in [1.29, 1.82) is 0 Å². The van der Waals surface area contributed by atoms with Gasteiger partial charge in [0.15, 0.2) is 0 Å². The van der Waals surface area contributed by atoms with Crippen LogP contribution in [0.3, 0.4) is 0 Å². The van der Waals surface area contributed by atoms with Gasteiger partial charge in [0.05, 0.1) is 5.41 Å². The summed E-state index contributed by atoms with van der Waals surface area (Å²) < 4.78 is 5.46. The van der Waals surface area contributed by atoms with Crippen molar-refractivity contribution in [2.24, 2.45) is 23.2 Å². The van der Waals surface area contributed by atoms with Gasteiger partial charge in [-0.05, 0) is 37.0 Å². The number of carbonyl (C=O) groups excluding carboxylic acids is 1. The zero-order valence-corrected chi connectivity index (χ0v) is 15.6. The lowest BCUT2D eigenvalue weighted by Crippen LogP contribution is -2.46. The maximum atomic E-state index is 12.8. The molecular weight excluding hydrogens is 264 g/mol. The minimum Gasteiger partial charge on any atom is -0.528 e. The summed E-state index contributed by atoms with van der Waals surface area (Å²) in [4.78, 5) is 12.8. The highest BCUT2D eigenvalue weighted by Gasteiger charge is 2.52. The lowest BCUT2D eigenvalue weighted by Gasteiger charge is -2.44. The van der Waals surface area contributed by atoms with Gasteiger partial charge in [0.1, 0.15) is 0 Å². The molecule has 2 atom stereocenters. The Hall–Kier alpha value is -0.313. The van der Waals surface area contributed by atoms with Crippen molar-refractivity contribution in [3.05, 3.63) is 0 Å². The first-order chi connectivity index (χ1) is 9.66. The summed E-state index contributed by atoms with van der Waals surface area (Å²) in [6, 6.07) is 0. The summed E-state index contributed by atoms with van der Waals surface area (Å²) in [6.07, 6.45) is 12.6. The highest BCUT2D eigenvalue weighted by molar-refractivity contribution is 6.06. The normalized spacial score (nSPS) is 25.7. The molecule has 20 heavy (non-hydrogen) atoms. The Kier molecular flexibility index (Phi) is 5.71. The van der Waals surface area contributed by atoms with Crippen LogP contribution in [0.25, 0.3) is 0 Å². The van der Waals surface area contributed by atoms with Crippen LogP contribution in [0.5, 0.6) is 0 Å². The van der Waals surface area contributed by atoms with Crippen molar-refractivity contribution in [2.45, 2.75) is 78.1 Å².